The molecule has 1 aliphatic heterocycles. The van der Waals surface area contributed by atoms with Crippen LogP contribution in [0.5, 0.6) is 63.2 Å². The molecule has 0 saturated heterocycles. The van der Waals surface area contributed by atoms with Gasteiger partial charge in [0.1, 0.15) is 23.4 Å². The van der Waals surface area contributed by atoms with Gasteiger partial charge in [0.2, 0.25) is 0 Å². The van der Waals surface area contributed by atoms with Gasteiger partial charge in [-0.25, -0.2) is 9.59 Å². The molecule has 0 amide bonds. The van der Waals surface area contributed by atoms with Crippen molar-refractivity contribution < 1.29 is 69.8 Å². The molecule has 0 fully saturated rings. The van der Waals surface area contributed by atoms with Gasteiger partial charge in [0.15, 0.2) is 52.1 Å². The number of fused-ring (bicyclic) bond motifs is 1. The van der Waals surface area contributed by atoms with E-state index in [1.165, 1.54) is 12.1 Å². The maximum Gasteiger partial charge on any atom is 0.343 e. The Kier molecular flexibility index (Phi) is 7.03. The van der Waals surface area contributed by atoms with Crippen molar-refractivity contribution in [2.45, 2.75) is 18.6 Å². The molecule has 0 aromatic heterocycles. The summed E-state index contributed by atoms with van der Waals surface area (Å²) < 4.78 is 16.8. The van der Waals surface area contributed by atoms with Crippen molar-refractivity contribution in [2.75, 3.05) is 0 Å². The minimum atomic E-state index is -1.20. The summed E-state index contributed by atoms with van der Waals surface area (Å²) in [5.41, 5.74) is -0.328. The number of esters is 2. The number of hydrogen-bond acceptors (Lipinski definition) is 14. The molecular weight excluding hydrogens is 572 g/mol. The summed E-state index contributed by atoms with van der Waals surface area (Å²) in [7, 11) is 0. The molecule has 0 radical (unpaired) electrons. The third kappa shape index (κ3) is 5.44. The van der Waals surface area contributed by atoms with E-state index in [1.54, 1.807) is 0 Å². The average Bonchev–Trinajstić information content (AvgIpc) is 2.95. The second-order valence-corrected chi connectivity index (χ2v) is 9.47. The Morgan fingerprint density at radius 3 is 1.74 bits per heavy atom. The number of carbonyl (C=O) groups excluding carboxylic acids is 2. The van der Waals surface area contributed by atoms with Crippen LogP contribution in [0.3, 0.4) is 0 Å². The van der Waals surface area contributed by atoms with Crippen LogP contribution < -0.4 is 9.47 Å². The smallest absolute Gasteiger partial charge is 0.343 e. The van der Waals surface area contributed by atoms with E-state index < -0.39 is 75.9 Å². The number of ether oxygens (including phenoxy) is 3. The molecule has 0 aliphatic carbocycles. The van der Waals surface area contributed by atoms with Gasteiger partial charge in [-0.1, -0.05) is 6.07 Å². The van der Waals surface area contributed by atoms with Crippen LogP contribution in [-0.4, -0.2) is 64.0 Å². The molecule has 9 N–H and O–H groups in total. The highest BCUT2D eigenvalue weighted by molar-refractivity contribution is 5.93. The zero-order valence-corrected chi connectivity index (χ0v) is 21.6. The Morgan fingerprint density at radius 1 is 0.628 bits per heavy atom. The van der Waals surface area contributed by atoms with Crippen LogP contribution in [0.25, 0.3) is 0 Å². The van der Waals surface area contributed by atoms with E-state index in [0.29, 0.717) is 0 Å². The molecule has 14 nitrogen and oxygen atoms in total. The van der Waals surface area contributed by atoms with E-state index in [-0.39, 0.29) is 40.2 Å². The van der Waals surface area contributed by atoms with Crippen LogP contribution in [0.1, 0.15) is 37.9 Å². The summed E-state index contributed by atoms with van der Waals surface area (Å²) in [6.07, 6.45) is -2.58. The number of phenolic OH excluding ortho intramolecular Hbond substituents is 9. The predicted molar refractivity (Wildman–Crippen MR) is 142 cm³/mol. The normalized spacial score (nSPS) is 15.6. The van der Waals surface area contributed by atoms with Crippen LogP contribution in [0, 0.1) is 0 Å². The highest BCUT2D eigenvalue weighted by Gasteiger charge is 2.37. The van der Waals surface area contributed by atoms with E-state index in [1.807, 2.05) is 0 Å². The summed E-state index contributed by atoms with van der Waals surface area (Å²) >= 11 is 0. The molecule has 2 atom stereocenters. The Labute approximate surface area is 240 Å². The van der Waals surface area contributed by atoms with Crippen molar-refractivity contribution in [3.05, 3.63) is 76.9 Å². The van der Waals surface area contributed by atoms with E-state index in [2.05, 4.69) is 0 Å². The first-order valence-electron chi connectivity index (χ1n) is 12.3. The van der Waals surface area contributed by atoms with Crippen LogP contribution in [0.4, 0.5) is 0 Å². The van der Waals surface area contributed by atoms with Gasteiger partial charge in [-0.15, -0.1) is 0 Å². The molecule has 222 valence electrons. The van der Waals surface area contributed by atoms with E-state index in [0.717, 1.165) is 42.5 Å². The largest absolute Gasteiger partial charge is 0.507 e. The molecule has 0 saturated carbocycles. The first-order valence-corrected chi connectivity index (χ1v) is 12.3. The second kappa shape index (κ2) is 10.7. The summed E-state index contributed by atoms with van der Waals surface area (Å²) in [4.78, 5) is 25.6. The molecule has 5 rings (SSSR count). The maximum atomic E-state index is 13.0. The van der Waals surface area contributed by atoms with Crippen molar-refractivity contribution in [1.29, 1.82) is 0 Å². The van der Waals surface area contributed by atoms with E-state index in [9.17, 15) is 55.5 Å². The standard InChI is InChI=1S/C29H22O14/c30-16-2-1-11(3-18(16)32)27-24(43-29(40)13-6-21(35)26(38)22(36)7-13)10-15-17(31)8-14(9-23(15)42-27)41-28(39)12-4-19(33)25(37)20(34)5-12/h1-9,24,27,30-38H,10H2/t24-,27+/m0/s1. The molecule has 14 heteroatoms. The third-order valence-electron chi connectivity index (χ3n) is 6.56. The Hall–Kier alpha value is -6.18. The first-order chi connectivity index (χ1) is 20.3. The van der Waals surface area contributed by atoms with E-state index in [4.69, 9.17) is 14.2 Å². The third-order valence-corrected chi connectivity index (χ3v) is 6.56. The SMILES string of the molecule is O=C(Oc1cc(O)c2c(c1)O[C@H](c1ccc(O)c(O)c1)[C@@H](OC(=O)c1cc(O)c(O)c(O)c1)C2)c1cc(O)c(O)c(O)c1. The maximum absolute atomic E-state index is 13.0. The molecule has 0 unspecified atom stereocenters. The summed E-state index contributed by atoms with van der Waals surface area (Å²) in [5.74, 6) is -8.58. The number of carbonyl (C=O) groups is 2. The summed E-state index contributed by atoms with van der Waals surface area (Å²) in [6, 6.07) is 9.41. The fourth-order valence-corrected chi connectivity index (χ4v) is 4.42. The Morgan fingerprint density at radius 2 is 1.19 bits per heavy atom. The summed E-state index contributed by atoms with van der Waals surface area (Å²) in [6.45, 7) is 0. The lowest BCUT2D eigenvalue weighted by molar-refractivity contribution is -0.0189. The fraction of sp³-hybridized carbons (Fsp3) is 0.103. The van der Waals surface area contributed by atoms with Crippen LogP contribution in [0.2, 0.25) is 0 Å². The van der Waals surface area contributed by atoms with Crippen LogP contribution in [-0.2, 0) is 11.2 Å². The number of hydrogen-bond donors (Lipinski definition) is 9. The van der Waals surface area contributed by atoms with Crippen LogP contribution in [0.15, 0.2) is 54.6 Å². The lowest BCUT2D eigenvalue weighted by Gasteiger charge is -2.34. The number of rotatable bonds is 5. The Balaban J connectivity index is 1.48. The Bertz CT molecular complexity index is 1730. The molecule has 4 aromatic carbocycles. The first kappa shape index (κ1) is 28.4. The molecule has 1 heterocycles. The molecule has 0 spiro atoms. The van der Waals surface area contributed by atoms with Crippen molar-refractivity contribution in [2.24, 2.45) is 0 Å². The van der Waals surface area contributed by atoms with Crippen molar-refractivity contribution in [1.82, 2.24) is 0 Å². The van der Waals surface area contributed by atoms with Gasteiger partial charge in [0.05, 0.1) is 11.1 Å². The van der Waals surface area contributed by atoms with Gasteiger partial charge >= 0.3 is 11.9 Å². The molecular formula is C29H22O14. The lowest BCUT2D eigenvalue weighted by Crippen LogP contribution is -2.34. The zero-order valence-electron chi connectivity index (χ0n) is 21.6. The molecule has 4 aromatic rings. The summed E-state index contributed by atoms with van der Waals surface area (Å²) in [5, 5.41) is 88.6. The highest BCUT2D eigenvalue weighted by Crippen LogP contribution is 2.45. The van der Waals surface area contributed by atoms with Gasteiger partial charge in [-0.05, 0) is 36.4 Å². The monoisotopic (exact) mass is 594 g/mol. The average molecular weight is 594 g/mol. The van der Waals surface area contributed by atoms with Gasteiger partial charge in [-0.2, -0.15) is 0 Å². The van der Waals surface area contributed by atoms with Crippen molar-refractivity contribution in [3.8, 4) is 63.2 Å². The van der Waals surface area contributed by atoms with Gasteiger partial charge in [0, 0.05) is 29.7 Å². The minimum Gasteiger partial charge on any atom is -0.507 e. The quantitative estimate of drug-likeness (QED) is 0.0916. The molecule has 1 aliphatic rings. The lowest BCUT2D eigenvalue weighted by atomic mass is 9.93. The van der Waals surface area contributed by atoms with Crippen LogP contribution >= 0.6 is 0 Å². The van der Waals surface area contributed by atoms with Gasteiger partial charge in [0.25, 0.3) is 0 Å². The van der Waals surface area contributed by atoms with Crippen molar-refractivity contribution in [3.63, 3.8) is 0 Å². The highest BCUT2D eigenvalue weighted by atomic mass is 16.6. The van der Waals surface area contributed by atoms with Crippen molar-refractivity contribution >= 4 is 11.9 Å². The number of phenols is 9. The van der Waals surface area contributed by atoms with Gasteiger partial charge < -0.3 is 60.2 Å². The zero-order chi connectivity index (χ0) is 31.2. The number of aromatic hydroxyl groups is 9. The molecule has 43 heavy (non-hydrogen) atoms. The van der Waals surface area contributed by atoms with Gasteiger partial charge in [-0.3, -0.25) is 0 Å². The minimum absolute atomic E-state index is 0.0241. The van der Waals surface area contributed by atoms with E-state index >= 15 is 0 Å². The fourth-order valence-electron chi connectivity index (χ4n) is 4.42. The number of benzene rings is 4. The molecule has 0 bridgehead atoms. The second-order valence-electron chi connectivity index (χ2n) is 9.47. The predicted octanol–water partition coefficient (Wildman–Crippen LogP) is 3.16. The topological polar surface area (TPSA) is 244 Å².